The minimum atomic E-state index is 0.0444. The minimum Gasteiger partial charge on any atom is -0.338 e. The van der Waals surface area contributed by atoms with Crippen molar-refractivity contribution in [3.05, 3.63) is 11.8 Å². The van der Waals surface area contributed by atoms with Gasteiger partial charge in [0.1, 0.15) is 0 Å². The first kappa shape index (κ1) is 13.1. The molecule has 1 fully saturated rings. The number of carbonyl (C=O) groups is 2. The van der Waals surface area contributed by atoms with E-state index < -0.39 is 0 Å². The maximum absolute atomic E-state index is 11.9. The average molecular weight is 268 g/mol. The van der Waals surface area contributed by atoms with Gasteiger partial charge in [-0.25, -0.2) is 0 Å². The van der Waals surface area contributed by atoms with Crippen LogP contribution in [0.2, 0.25) is 0 Å². The van der Waals surface area contributed by atoms with Gasteiger partial charge in [0.15, 0.2) is 5.12 Å². The second-order valence-corrected chi connectivity index (χ2v) is 5.58. The quantitative estimate of drug-likeness (QED) is 0.834. The van der Waals surface area contributed by atoms with Crippen molar-refractivity contribution in [3.63, 3.8) is 0 Å². The Bertz CT molecular complexity index is 458. The maximum atomic E-state index is 11.9. The van der Waals surface area contributed by atoms with Gasteiger partial charge >= 0.3 is 0 Å². The van der Waals surface area contributed by atoms with E-state index in [0.29, 0.717) is 24.6 Å². The second-order valence-electron chi connectivity index (χ2n) is 4.39. The summed E-state index contributed by atoms with van der Waals surface area (Å²) in [5.74, 6) is 1.46. The molecule has 1 aromatic heterocycles. The summed E-state index contributed by atoms with van der Waals surface area (Å²) in [7, 11) is 0. The molecule has 1 aliphatic rings. The summed E-state index contributed by atoms with van der Waals surface area (Å²) in [6, 6.07) is 1.80. The molecule has 0 bridgehead atoms. The first-order chi connectivity index (χ1) is 8.60. The van der Waals surface area contributed by atoms with Crippen LogP contribution in [0.3, 0.4) is 0 Å². The summed E-state index contributed by atoms with van der Waals surface area (Å²) in [4.78, 5) is 24.4. The minimum absolute atomic E-state index is 0.0444. The Hall–Kier alpha value is -1.30. The van der Waals surface area contributed by atoms with Crippen LogP contribution < -0.4 is 4.90 Å². The van der Waals surface area contributed by atoms with Crippen molar-refractivity contribution in [2.24, 2.45) is 5.92 Å². The van der Waals surface area contributed by atoms with Crippen molar-refractivity contribution in [2.75, 3.05) is 17.2 Å². The van der Waals surface area contributed by atoms with E-state index in [0.717, 1.165) is 12.1 Å². The third kappa shape index (κ3) is 2.93. The first-order valence-electron chi connectivity index (χ1n) is 5.99. The highest BCUT2D eigenvalue weighted by molar-refractivity contribution is 8.13. The fraction of sp³-hybridized carbons (Fsp3) is 0.583. The molecular weight excluding hydrogens is 252 g/mol. The molecule has 0 aromatic carbocycles. The van der Waals surface area contributed by atoms with Gasteiger partial charge in [-0.2, -0.15) is 0 Å². The lowest BCUT2D eigenvalue weighted by molar-refractivity contribution is -0.117. The molecule has 1 atom stereocenters. The van der Waals surface area contributed by atoms with Gasteiger partial charge in [0.05, 0.1) is 5.69 Å². The van der Waals surface area contributed by atoms with Gasteiger partial charge in [-0.1, -0.05) is 23.8 Å². The summed E-state index contributed by atoms with van der Waals surface area (Å²) in [5.41, 5.74) is 0.847. The molecule has 0 N–H and O–H groups in total. The standard InChI is InChI=1S/C12H16N2O3S/c1-3-10-5-12(17-13-10)14-6-9(4-11(14)16)7-18-8(2)15/h5,9H,3-4,6-7H2,1-2H3. The first-order valence-corrected chi connectivity index (χ1v) is 6.98. The Labute approximate surface area is 110 Å². The number of hydrogen-bond acceptors (Lipinski definition) is 5. The molecule has 0 radical (unpaired) electrons. The largest absolute Gasteiger partial charge is 0.338 e. The van der Waals surface area contributed by atoms with Crippen LogP contribution in [0.25, 0.3) is 0 Å². The summed E-state index contributed by atoms with van der Waals surface area (Å²) in [5, 5.41) is 3.98. The summed E-state index contributed by atoms with van der Waals surface area (Å²) in [6.45, 7) is 4.14. The van der Waals surface area contributed by atoms with Crippen molar-refractivity contribution in [2.45, 2.75) is 26.7 Å². The van der Waals surface area contributed by atoms with Crippen LogP contribution in [0.4, 0.5) is 5.88 Å². The second kappa shape index (κ2) is 5.56. The monoisotopic (exact) mass is 268 g/mol. The van der Waals surface area contributed by atoms with E-state index in [2.05, 4.69) is 5.16 Å². The van der Waals surface area contributed by atoms with E-state index in [4.69, 9.17) is 4.52 Å². The topological polar surface area (TPSA) is 63.4 Å². The molecule has 0 spiro atoms. The lowest BCUT2D eigenvalue weighted by atomic mass is 10.1. The molecule has 6 heteroatoms. The highest BCUT2D eigenvalue weighted by Gasteiger charge is 2.32. The van der Waals surface area contributed by atoms with Gasteiger partial charge in [-0.05, 0) is 12.3 Å². The molecule has 1 saturated heterocycles. The van der Waals surface area contributed by atoms with Gasteiger partial charge in [-0.15, -0.1) is 0 Å². The number of aromatic nitrogens is 1. The van der Waals surface area contributed by atoms with Crippen LogP contribution in [0.15, 0.2) is 10.6 Å². The van der Waals surface area contributed by atoms with Crippen LogP contribution in [0.1, 0.15) is 26.0 Å². The Kier molecular flexibility index (Phi) is 4.06. The van der Waals surface area contributed by atoms with Gasteiger partial charge in [0.25, 0.3) is 0 Å². The molecule has 1 aliphatic heterocycles. The van der Waals surface area contributed by atoms with Crippen LogP contribution in [0.5, 0.6) is 0 Å². The Balaban J connectivity index is 1.98. The van der Waals surface area contributed by atoms with Gasteiger partial charge < -0.3 is 4.52 Å². The highest BCUT2D eigenvalue weighted by Crippen LogP contribution is 2.27. The molecule has 0 saturated carbocycles. The van der Waals surface area contributed by atoms with Crippen LogP contribution in [-0.4, -0.2) is 28.5 Å². The number of anilines is 1. The van der Waals surface area contributed by atoms with Crippen molar-refractivity contribution in [1.82, 2.24) is 5.16 Å². The molecule has 98 valence electrons. The summed E-state index contributed by atoms with van der Waals surface area (Å²) >= 11 is 1.27. The van der Waals surface area contributed by atoms with E-state index >= 15 is 0 Å². The number of rotatable bonds is 4. The number of hydrogen-bond donors (Lipinski definition) is 0. The van der Waals surface area contributed by atoms with Crippen molar-refractivity contribution >= 4 is 28.7 Å². The molecule has 0 aliphatic carbocycles. The fourth-order valence-electron chi connectivity index (χ4n) is 1.94. The maximum Gasteiger partial charge on any atom is 0.234 e. The fourth-order valence-corrected chi connectivity index (χ4v) is 2.63. The third-order valence-electron chi connectivity index (χ3n) is 2.90. The van der Waals surface area contributed by atoms with Gasteiger partial charge in [0, 0.05) is 31.7 Å². The number of thioether (sulfide) groups is 1. The van der Waals surface area contributed by atoms with Crippen molar-refractivity contribution in [1.29, 1.82) is 0 Å². The van der Waals surface area contributed by atoms with Crippen molar-refractivity contribution < 1.29 is 14.1 Å². The number of carbonyl (C=O) groups excluding carboxylic acids is 2. The van der Waals surface area contributed by atoms with Crippen LogP contribution >= 0.6 is 11.8 Å². The molecule has 1 unspecified atom stereocenters. The third-order valence-corrected chi connectivity index (χ3v) is 3.95. The SMILES string of the molecule is CCc1cc(N2CC(CSC(C)=O)CC2=O)on1. The normalized spacial score (nSPS) is 19.6. The lowest BCUT2D eigenvalue weighted by Crippen LogP contribution is -2.24. The van der Waals surface area contributed by atoms with E-state index in [1.807, 2.05) is 6.92 Å². The molecule has 1 amide bonds. The predicted octanol–water partition coefficient (Wildman–Crippen LogP) is 1.87. The Morgan fingerprint density at radius 2 is 2.44 bits per heavy atom. The average Bonchev–Trinajstić information content (AvgIpc) is 2.92. The molecule has 18 heavy (non-hydrogen) atoms. The number of nitrogens with zero attached hydrogens (tertiary/aromatic N) is 2. The zero-order valence-electron chi connectivity index (χ0n) is 10.5. The van der Waals surface area contributed by atoms with Crippen molar-refractivity contribution in [3.8, 4) is 0 Å². The number of amides is 1. The van der Waals surface area contributed by atoms with Crippen LogP contribution in [-0.2, 0) is 16.0 Å². The zero-order chi connectivity index (χ0) is 13.1. The van der Waals surface area contributed by atoms with Crippen LogP contribution in [0, 0.1) is 5.92 Å². The zero-order valence-corrected chi connectivity index (χ0v) is 11.3. The van der Waals surface area contributed by atoms with E-state index in [-0.39, 0.29) is 16.9 Å². The smallest absolute Gasteiger partial charge is 0.234 e. The number of aryl methyl sites for hydroxylation is 1. The van der Waals surface area contributed by atoms with Gasteiger partial charge in [-0.3, -0.25) is 14.5 Å². The predicted molar refractivity (Wildman–Crippen MR) is 69.5 cm³/mol. The van der Waals surface area contributed by atoms with E-state index in [9.17, 15) is 9.59 Å². The Morgan fingerprint density at radius 3 is 3.06 bits per heavy atom. The molecule has 2 rings (SSSR count). The van der Waals surface area contributed by atoms with Gasteiger partial charge in [0.2, 0.25) is 11.8 Å². The lowest BCUT2D eigenvalue weighted by Gasteiger charge is -2.11. The van der Waals surface area contributed by atoms with E-state index in [1.165, 1.54) is 11.8 Å². The Morgan fingerprint density at radius 1 is 1.67 bits per heavy atom. The highest BCUT2D eigenvalue weighted by atomic mass is 32.2. The molecular formula is C12H16N2O3S. The molecule has 1 aromatic rings. The molecule has 2 heterocycles. The molecule has 5 nitrogen and oxygen atoms in total. The summed E-state index contributed by atoms with van der Waals surface area (Å²) in [6.07, 6.45) is 1.26. The van der Waals surface area contributed by atoms with E-state index in [1.54, 1.807) is 17.9 Å². The summed E-state index contributed by atoms with van der Waals surface area (Å²) < 4.78 is 5.17.